The van der Waals surface area contributed by atoms with Crippen molar-refractivity contribution in [1.29, 1.82) is 0 Å². The van der Waals surface area contributed by atoms with Crippen LogP contribution in [0.1, 0.15) is 64.2 Å². The molecule has 2 amide bonds. The summed E-state index contributed by atoms with van der Waals surface area (Å²) in [6.07, 6.45) is 6.58. The summed E-state index contributed by atoms with van der Waals surface area (Å²) in [5.74, 6) is 1.41. The number of alkyl carbamates (subject to hydrolysis) is 1. The van der Waals surface area contributed by atoms with Crippen molar-refractivity contribution in [2.45, 2.75) is 70.2 Å². The maximum Gasteiger partial charge on any atom is 0.407 e. The summed E-state index contributed by atoms with van der Waals surface area (Å²) < 4.78 is 18.2. The summed E-state index contributed by atoms with van der Waals surface area (Å²) >= 11 is 0. The lowest BCUT2D eigenvalue weighted by atomic mass is 9.97. The van der Waals surface area contributed by atoms with Crippen LogP contribution in [0.5, 0.6) is 11.5 Å². The van der Waals surface area contributed by atoms with Crippen molar-refractivity contribution in [3.63, 3.8) is 0 Å². The monoisotopic (exact) mass is 634 g/mol. The molecule has 1 saturated heterocycles. The maximum absolute atomic E-state index is 13.7. The molecule has 2 atom stereocenters. The summed E-state index contributed by atoms with van der Waals surface area (Å²) in [5.41, 5.74) is 7.55. The lowest BCUT2D eigenvalue weighted by Crippen LogP contribution is -2.51. The van der Waals surface area contributed by atoms with Gasteiger partial charge in [0.2, 0.25) is 5.91 Å². The van der Waals surface area contributed by atoms with Crippen molar-refractivity contribution in [2.24, 2.45) is 5.92 Å². The number of aromatic amines is 2. The maximum atomic E-state index is 13.7. The molecular formula is C36H38N6O5. The van der Waals surface area contributed by atoms with Crippen molar-refractivity contribution in [3.05, 3.63) is 60.7 Å². The molecule has 3 N–H and O–H groups in total. The standard InChI is InChI=1S/C36H38N6O5/c1-20(2)30(41-35(44)45-3)34(43)42-16-6-7-29(42)33-39-26-13-9-22(18-28(26)40-33)24-11-10-23(21-8-12-25-27(17-21)38-19-37-25)31-32(24)47-36(46-31)14-4-5-15-36/h8-13,17-20,29-30H,4-7,14-16H2,1-3H3,(H,37,38)(H,39,40)(H,41,44)/t29?,30-/m0/s1. The first kappa shape index (κ1) is 29.3. The van der Waals surface area contributed by atoms with Gasteiger partial charge in [-0.3, -0.25) is 4.79 Å². The number of rotatable bonds is 6. The van der Waals surface area contributed by atoms with E-state index in [0.717, 1.165) is 100 Å². The quantitative estimate of drug-likeness (QED) is 0.186. The topological polar surface area (TPSA) is 134 Å². The zero-order chi connectivity index (χ0) is 32.3. The Bertz CT molecular complexity index is 2010. The van der Waals surface area contributed by atoms with E-state index >= 15 is 0 Å². The number of fused-ring (bicyclic) bond motifs is 3. The fraction of sp³-hybridized carbons (Fsp3) is 0.389. The summed E-state index contributed by atoms with van der Waals surface area (Å²) in [7, 11) is 1.30. The molecule has 11 nitrogen and oxygen atoms in total. The number of likely N-dealkylation sites (tertiary alicyclic amines) is 1. The number of nitrogens with one attached hydrogen (secondary N) is 3. The van der Waals surface area contributed by atoms with Crippen molar-refractivity contribution in [2.75, 3.05) is 13.7 Å². The van der Waals surface area contributed by atoms with Gasteiger partial charge >= 0.3 is 6.09 Å². The lowest BCUT2D eigenvalue weighted by molar-refractivity contribution is -0.135. The van der Waals surface area contributed by atoms with Crippen molar-refractivity contribution in [1.82, 2.24) is 30.2 Å². The fourth-order valence-corrected chi connectivity index (χ4v) is 7.38. The van der Waals surface area contributed by atoms with Crippen LogP contribution in [0.25, 0.3) is 44.3 Å². The molecule has 242 valence electrons. The van der Waals surface area contributed by atoms with Gasteiger partial charge in [0, 0.05) is 30.5 Å². The number of carbonyl (C=O) groups excluding carboxylic acids is 2. The Labute approximate surface area is 272 Å². The molecule has 0 radical (unpaired) electrons. The van der Waals surface area contributed by atoms with Crippen LogP contribution in [0.3, 0.4) is 0 Å². The molecule has 1 aliphatic carbocycles. The largest absolute Gasteiger partial charge is 0.453 e. The molecule has 8 rings (SSSR count). The minimum absolute atomic E-state index is 0.0999. The predicted octanol–water partition coefficient (Wildman–Crippen LogP) is 6.86. The Morgan fingerprint density at radius 2 is 1.64 bits per heavy atom. The van der Waals surface area contributed by atoms with E-state index in [0.29, 0.717) is 6.54 Å². The first-order valence-corrected chi connectivity index (χ1v) is 16.5. The Kier molecular flexibility index (Phi) is 7.07. The minimum atomic E-state index is -0.684. The van der Waals surface area contributed by atoms with Crippen LogP contribution >= 0.6 is 0 Å². The third-order valence-electron chi connectivity index (χ3n) is 9.84. The number of hydrogen-bond acceptors (Lipinski definition) is 7. The van der Waals surface area contributed by atoms with Gasteiger partial charge < -0.3 is 34.4 Å². The number of hydrogen-bond donors (Lipinski definition) is 3. The van der Waals surface area contributed by atoms with E-state index < -0.39 is 17.9 Å². The molecule has 5 aromatic rings. The van der Waals surface area contributed by atoms with E-state index in [4.69, 9.17) is 19.2 Å². The highest BCUT2D eigenvalue weighted by atomic mass is 16.7. The number of methoxy groups -OCH3 is 1. The Morgan fingerprint density at radius 3 is 2.32 bits per heavy atom. The van der Waals surface area contributed by atoms with Gasteiger partial charge in [0.1, 0.15) is 11.9 Å². The van der Waals surface area contributed by atoms with Gasteiger partial charge in [-0.1, -0.05) is 26.0 Å². The Hall–Kier alpha value is -5.06. The molecule has 1 unspecified atom stereocenters. The molecule has 1 spiro atoms. The summed E-state index contributed by atoms with van der Waals surface area (Å²) in [6.45, 7) is 4.43. The molecule has 47 heavy (non-hydrogen) atoms. The number of carbonyl (C=O) groups is 2. The zero-order valence-electron chi connectivity index (χ0n) is 26.8. The number of H-pyrrole nitrogens is 2. The van der Waals surface area contributed by atoms with Crippen LogP contribution < -0.4 is 14.8 Å². The van der Waals surface area contributed by atoms with E-state index in [9.17, 15) is 9.59 Å². The molecule has 3 aliphatic rings. The summed E-state index contributed by atoms with van der Waals surface area (Å²) in [4.78, 5) is 43.5. The van der Waals surface area contributed by atoms with Crippen LogP contribution in [-0.4, -0.2) is 62.3 Å². The van der Waals surface area contributed by atoms with E-state index in [1.54, 1.807) is 6.33 Å². The van der Waals surface area contributed by atoms with Gasteiger partial charge in [-0.05, 0) is 79.1 Å². The van der Waals surface area contributed by atoms with Crippen molar-refractivity contribution >= 4 is 34.1 Å². The van der Waals surface area contributed by atoms with Gasteiger partial charge in [0.15, 0.2) is 11.5 Å². The summed E-state index contributed by atoms with van der Waals surface area (Å²) in [5, 5.41) is 2.72. The predicted molar refractivity (Wildman–Crippen MR) is 177 cm³/mol. The molecule has 4 heterocycles. The zero-order valence-corrected chi connectivity index (χ0v) is 26.8. The van der Waals surface area contributed by atoms with Gasteiger partial charge in [-0.15, -0.1) is 0 Å². The van der Waals surface area contributed by atoms with E-state index in [1.165, 1.54) is 7.11 Å². The first-order valence-electron chi connectivity index (χ1n) is 16.5. The van der Waals surface area contributed by atoms with Gasteiger partial charge in [0.05, 0.1) is 41.5 Å². The molecule has 1 saturated carbocycles. The molecule has 11 heteroatoms. The number of imidazole rings is 2. The average molecular weight is 635 g/mol. The normalized spacial score (nSPS) is 18.9. The molecule has 2 aromatic heterocycles. The molecule has 3 aromatic carbocycles. The number of amides is 2. The third kappa shape index (κ3) is 5.04. The number of aromatic nitrogens is 4. The molecule has 2 aliphatic heterocycles. The van der Waals surface area contributed by atoms with Crippen LogP contribution in [0.2, 0.25) is 0 Å². The fourth-order valence-electron chi connectivity index (χ4n) is 7.38. The third-order valence-corrected chi connectivity index (χ3v) is 9.84. The van der Waals surface area contributed by atoms with E-state index in [-0.39, 0.29) is 17.9 Å². The second-order valence-electron chi connectivity index (χ2n) is 13.2. The summed E-state index contributed by atoms with van der Waals surface area (Å²) in [6, 6.07) is 15.7. The highest BCUT2D eigenvalue weighted by molar-refractivity contribution is 5.90. The van der Waals surface area contributed by atoms with Gasteiger partial charge in [-0.2, -0.15) is 0 Å². The number of ether oxygens (including phenoxy) is 3. The molecular weight excluding hydrogens is 596 g/mol. The lowest BCUT2D eigenvalue weighted by Gasteiger charge is -2.29. The first-order chi connectivity index (χ1) is 22.8. The highest BCUT2D eigenvalue weighted by Crippen LogP contribution is 2.55. The molecule has 0 bridgehead atoms. The highest BCUT2D eigenvalue weighted by Gasteiger charge is 2.46. The van der Waals surface area contributed by atoms with Crippen LogP contribution in [0.15, 0.2) is 54.9 Å². The van der Waals surface area contributed by atoms with Crippen LogP contribution in [-0.2, 0) is 9.53 Å². The van der Waals surface area contributed by atoms with Crippen LogP contribution in [0.4, 0.5) is 4.79 Å². The number of benzene rings is 3. The van der Waals surface area contributed by atoms with Crippen molar-refractivity contribution in [3.8, 4) is 33.8 Å². The minimum Gasteiger partial charge on any atom is -0.453 e. The second kappa shape index (κ2) is 11.3. The van der Waals surface area contributed by atoms with E-state index in [1.807, 2.05) is 30.9 Å². The molecule has 2 fully saturated rings. The second-order valence-corrected chi connectivity index (χ2v) is 13.2. The van der Waals surface area contributed by atoms with Gasteiger partial charge in [0.25, 0.3) is 5.79 Å². The smallest absolute Gasteiger partial charge is 0.407 e. The SMILES string of the molecule is COC(=O)N[C@H](C(=O)N1CCCC1c1nc2ccc(-c3ccc(-c4ccc5nc[nH]c5c4)c4c3OC3(CCCC3)O4)cc2[nH]1)C(C)C. The van der Waals surface area contributed by atoms with Crippen LogP contribution in [0, 0.1) is 5.92 Å². The Morgan fingerprint density at radius 1 is 0.957 bits per heavy atom. The van der Waals surface area contributed by atoms with E-state index in [2.05, 4.69) is 56.7 Å². The number of nitrogens with zero attached hydrogens (tertiary/aromatic N) is 3. The Balaban J connectivity index is 1.13. The van der Waals surface area contributed by atoms with Gasteiger partial charge in [-0.25, -0.2) is 14.8 Å². The average Bonchev–Trinajstić information content (AvgIpc) is 3.91. The van der Waals surface area contributed by atoms with Crippen molar-refractivity contribution < 1.29 is 23.8 Å².